The lowest BCUT2D eigenvalue weighted by molar-refractivity contribution is 0.107. The van der Waals surface area contributed by atoms with E-state index in [0.29, 0.717) is 12.1 Å². The van der Waals surface area contributed by atoms with Crippen molar-refractivity contribution >= 4 is 0 Å². The standard InChI is InChI=1S/C17H33N3/c1-6-15(5)12-20(7-2)16-9-8-10-17(11-16,13-18)19-14(3)4/h14-16,19H,6-12H2,1-5H3. The lowest BCUT2D eigenvalue weighted by Gasteiger charge is -2.43. The lowest BCUT2D eigenvalue weighted by atomic mass is 9.78. The minimum absolute atomic E-state index is 0.306. The van der Waals surface area contributed by atoms with E-state index in [2.05, 4.69) is 50.9 Å². The first-order chi connectivity index (χ1) is 9.46. The zero-order valence-electron chi connectivity index (χ0n) is 14.1. The Labute approximate surface area is 125 Å². The molecule has 3 unspecified atom stereocenters. The summed E-state index contributed by atoms with van der Waals surface area (Å²) in [5.41, 5.74) is -0.306. The van der Waals surface area contributed by atoms with Crippen molar-refractivity contribution in [3.05, 3.63) is 0 Å². The smallest absolute Gasteiger partial charge is 0.108 e. The molecular weight excluding hydrogens is 246 g/mol. The van der Waals surface area contributed by atoms with Crippen molar-refractivity contribution in [1.82, 2.24) is 10.2 Å². The summed E-state index contributed by atoms with van der Waals surface area (Å²) in [4.78, 5) is 2.60. The van der Waals surface area contributed by atoms with Crippen LogP contribution in [0, 0.1) is 17.2 Å². The van der Waals surface area contributed by atoms with Crippen LogP contribution >= 0.6 is 0 Å². The van der Waals surface area contributed by atoms with E-state index in [-0.39, 0.29) is 5.54 Å². The number of hydrogen-bond donors (Lipinski definition) is 1. The third-order valence-corrected chi connectivity index (χ3v) is 4.67. The number of nitrogens with one attached hydrogen (secondary N) is 1. The van der Waals surface area contributed by atoms with Gasteiger partial charge in [0.1, 0.15) is 5.54 Å². The van der Waals surface area contributed by atoms with Gasteiger partial charge in [-0.2, -0.15) is 5.26 Å². The third-order valence-electron chi connectivity index (χ3n) is 4.67. The third kappa shape index (κ3) is 4.75. The molecule has 1 aliphatic rings. The van der Waals surface area contributed by atoms with Crippen molar-refractivity contribution in [2.24, 2.45) is 5.92 Å². The Bertz CT molecular complexity index is 321. The zero-order chi connectivity index (χ0) is 15.2. The summed E-state index contributed by atoms with van der Waals surface area (Å²) in [5, 5.41) is 13.2. The van der Waals surface area contributed by atoms with Gasteiger partial charge in [-0.25, -0.2) is 0 Å². The van der Waals surface area contributed by atoms with Crippen LogP contribution in [0.5, 0.6) is 0 Å². The molecule has 0 spiro atoms. The van der Waals surface area contributed by atoms with Gasteiger partial charge in [-0.3, -0.25) is 5.32 Å². The summed E-state index contributed by atoms with van der Waals surface area (Å²) < 4.78 is 0. The first-order valence-electron chi connectivity index (χ1n) is 8.39. The van der Waals surface area contributed by atoms with Gasteiger partial charge in [0.15, 0.2) is 0 Å². The molecule has 0 aromatic heterocycles. The SMILES string of the molecule is CCC(C)CN(CC)C1CCCC(C#N)(NC(C)C)C1. The minimum atomic E-state index is -0.306. The molecule has 116 valence electrons. The average Bonchev–Trinajstić information content (AvgIpc) is 2.43. The minimum Gasteiger partial charge on any atom is -0.300 e. The predicted octanol–water partition coefficient (Wildman–Crippen LogP) is 3.56. The molecule has 3 atom stereocenters. The van der Waals surface area contributed by atoms with Gasteiger partial charge in [-0.1, -0.05) is 27.2 Å². The maximum Gasteiger partial charge on any atom is 0.108 e. The molecule has 0 radical (unpaired) electrons. The Hall–Kier alpha value is -0.590. The van der Waals surface area contributed by atoms with Crippen molar-refractivity contribution in [3.63, 3.8) is 0 Å². The quantitative estimate of drug-likeness (QED) is 0.774. The number of nitrogens with zero attached hydrogens (tertiary/aromatic N) is 2. The summed E-state index contributed by atoms with van der Waals surface area (Å²) >= 11 is 0. The predicted molar refractivity (Wildman–Crippen MR) is 85.6 cm³/mol. The Morgan fingerprint density at radius 1 is 1.35 bits per heavy atom. The highest BCUT2D eigenvalue weighted by Crippen LogP contribution is 2.31. The fraction of sp³-hybridized carbons (Fsp3) is 0.941. The van der Waals surface area contributed by atoms with Crippen LogP contribution in [0.2, 0.25) is 0 Å². The van der Waals surface area contributed by atoms with Gasteiger partial charge < -0.3 is 4.90 Å². The van der Waals surface area contributed by atoms with Crippen LogP contribution in [-0.4, -0.2) is 35.6 Å². The summed E-state index contributed by atoms with van der Waals surface area (Å²) in [6.45, 7) is 13.4. The highest BCUT2D eigenvalue weighted by molar-refractivity contribution is 5.11. The van der Waals surface area contributed by atoms with Crippen LogP contribution in [0.25, 0.3) is 0 Å². The molecule has 1 N–H and O–H groups in total. The van der Waals surface area contributed by atoms with Gasteiger partial charge in [-0.05, 0) is 52.0 Å². The van der Waals surface area contributed by atoms with E-state index in [1.807, 2.05) is 0 Å². The Kier molecular flexibility index (Phi) is 6.99. The van der Waals surface area contributed by atoms with Crippen molar-refractivity contribution in [2.75, 3.05) is 13.1 Å². The Balaban J connectivity index is 2.73. The van der Waals surface area contributed by atoms with E-state index in [9.17, 15) is 5.26 Å². The topological polar surface area (TPSA) is 39.1 Å². The molecule has 0 aliphatic heterocycles. The Morgan fingerprint density at radius 3 is 2.55 bits per heavy atom. The highest BCUT2D eigenvalue weighted by Gasteiger charge is 2.38. The van der Waals surface area contributed by atoms with Crippen LogP contribution in [0.4, 0.5) is 0 Å². The van der Waals surface area contributed by atoms with E-state index in [1.165, 1.54) is 19.4 Å². The summed E-state index contributed by atoms with van der Waals surface area (Å²) in [6, 6.07) is 3.52. The summed E-state index contributed by atoms with van der Waals surface area (Å²) in [7, 11) is 0. The van der Waals surface area contributed by atoms with E-state index in [4.69, 9.17) is 0 Å². The van der Waals surface area contributed by atoms with Gasteiger partial charge in [0.25, 0.3) is 0 Å². The van der Waals surface area contributed by atoms with E-state index in [1.54, 1.807) is 0 Å². The molecule has 1 aliphatic carbocycles. The molecule has 20 heavy (non-hydrogen) atoms. The molecule has 1 rings (SSSR count). The van der Waals surface area contributed by atoms with Crippen LogP contribution in [0.1, 0.15) is 66.7 Å². The molecule has 3 heteroatoms. The van der Waals surface area contributed by atoms with E-state index < -0.39 is 0 Å². The maximum absolute atomic E-state index is 9.66. The second-order valence-electron chi connectivity index (χ2n) is 6.84. The summed E-state index contributed by atoms with van der Waals surface area (Å²) in [5.74, 6) is 0.742. The lowest BCUT2D eigenvalue weighted by Crippen LogP contribution is -2.55. The largest absolute Gasteiger partial charge is 0.300 e. The van der Waals surface area contributed by atoms with Crippen molar-refractivity contribution < 1.29 is 0 Å². The number of nitriles is 1. The Morgan fingerprint density at radius 2 is 2.05 bits per heavy atom. The molecule has 0 saturated heterocycles. The molecule has 0 aromatic rings. The van der Waals surface area contributed by atoms with Crippen LogP contribution in [0.15, 0.2) is 0 Å². The van der Waals surface area contributed by atoms with Gasteiger partial charge in [0.2, 0.25) is 0 Å². The van der Waals surface area contributed by atoms with Gasteiger partial charge in [-0.15, -0.1) is 0 Å². The van der Waals surface area contributed by atoms with Gasteiger partial charge in [0.05, 0.1) is 6.07 Å². The average molecular weight is 279 g/mol. The molecule has 1 fully saturated rings. The fourth-order valence-corrected chi connectivity index (χ4v) is 3.44. The second-order valence-corrected chi connectivity index (χ2v) is 6.84. The van der Waals surface area contributed by atoms with Crippen LogP contribution in [0.3, 0.4) is 0 Å². The maximum atomic E-state index is 9.66. The monoisotopic (exact) mass is 279 g/mol. The van der Waals surface area contributed by atoms with Gasteiger partial charge >= 0.3 is 0 Å². The molecule has 0 aromatic carbocycles. The molecule has 0 bridgehead atoms. The zero-order valence-corrected chi connectivity index (χ0v) is 14.1. The van der Waals surface area contributed by atoms with Gasteiger partial charge in [0, 0.05) is 18.6 Å². The molecule has 3 nitrogen and oxygen atoms in total. The molecule has 0 heterocycles. The van der Waals surface area contributed by atoms with Crippen molar-refractivity contribution in [3.8, 4) is 6.07 Å². The molecule has 0 amide bonds. The summed E-state index contributed by atoms with van der Waals surface area (Å²) in [6.07, 6.45) is 5.62. The van der Waals surface area contributed by atoms with E-state index in [0.717, 1.165) is 31.7 Å². The number of hydrogen-bond acceptors (Lipinski definition) is 3. The van der Waals surface area contributed by atoms with E-state index >= 15 is 0 Å². The normalized spacial score (nSPS) is 28.6. The highest BCUT2D eigenvalue weighted by atomic mass is 15.2. The first-order valence-corrected chi connectivity index (χ1v) is 8.39. The molecular formula is C17H33N3. The number of rotatable bonds is 7. The van der Waals surface area contributed by atoms with Crippen LogP contribution < -0.4 is 5.32 Å². The molecule has 1 saturated carbocycles. The first kappa shape index (κ1) is 17.5. The van der Waals surface area contributed by atoms with Crippen molar-refractivity contribution in [1.29, 1.82) is 5.26 Å². The van der Waals surface area contributed by atoms with Crippen molar-refractivity contribution in [2.45, 2.75) is 84.3 Å². The second kappa shape index (κ2) is 8.00. The van der Waals surface area contributed by atoms with Crippen LogP contribution in [-0.2, 0) is 0 Å². The fourth-order valence-electron chi connectivity index (χ4n) is 3.44.